The van der Waals surface area contributed by atoms with Crippen molar-refractivity contribution in [2.75, 3.05) is 20.2 Å². The first-order valence-corrected chi connectivity index (χ1v) is 7.42. The first-order valence-electron chi connectivity index (χ1n) is 7.42. The van der Waals surface area contributed by atoms with E-state index in [1.165, 1.54) is 0 Å². The second-order valence-electron chi connectivity index (χ2n) is 5.56. The van der Waals surface area contributed by atoms with Crippen LogP contribution in [-0.2, 0) is 0 Å². The molecule has 1 aliphatic rings. The van der Waals surface area contributed by atoms with Gasteiger partial charge in [0.2, 0.25) is 0 Å². The molecule has 2 N–H and O–H groups in total. The predicted molar refractivity (Wildman–Crippen MR) is 81.9 cm³/mol. The maximum absolute atomic E-state index is 12.6. The lowest BCUT2D eigenvalue weighted by atomic mass is 10.1. The molecule has 0 radical (unpaired) electrons. The smallest absolute Gasteiger partial charge is 0.254 e. The Morgan fingerprint density at radius 2 is 2.19 bits per heavy atom. The van der Waals surface area contributed by atoms with Crippen molar-refractivity contribution in [3.05, 3.63) is 23.8 Å². The Balaban J connectivity index is 2.22. The van der Waals surface area contributed by atoms with Gasteiger partial charge in [-0.05, 0) is 44.9 Å². The molecule has 0 aromatic heterocycles. The highest BCUT2D eigenvalue weighted by molar-refractivity contribution is 5.95. The summed E-state index contributed by atoms with van der Waals surface area (Å²) in [5.74, 6) is 1.25. The number of ether oxygens (including phenoxy) is 2. The first kappa shape index (κ1) is 15.6. The molecule has 5 nitrogen and oxygen atoms in total. The van der Waals surface area contributed by atoms with Gasteiger partial charge in [0.1, 0.15) is 0 Å². The molecule has 1 saturated heterocycles. The van der Waals surface area contributed by atoms with E-state index in [2.05, 4.69) is 0 Å². The summed E-state index contributed by atoms with van der Waals surface area (Å²) in [5, 5.41) is 0. The van der Waals surface area contributed by atoms with Gasteiger partial charge in [0.15, 0.2) is 11.5 Å². The number of methoxy groups -OCH3 is 1. The fraction of sp³-hybridized carbons (Fsp3) is 0.562. The van der Waals surface area contributed by atoms with Crippen molar-refractivity contribution in [2.24, 2.45) is 5.73 Å². The Morgan fingerprint density at radius 3 is 2.81 bits per heavy atom. The van der Waals surface area contributed by atoms with Gasteiger partial charge in [0.25, 0.3) is 5.91 Å². The molecule has 0 spiro atoms. The van der Waals surface area contributed by atoms with Crippen LogP contribution in [0.4, 0.5) is 0 Å². The molecular weight excluding hydrogens is 268 g/mol. The predicted octanol–water partition coefficient (Wildman–Crippen LogP) is 2.05. The number of benzene rings is 1. The van der Waals surface area contributed by atoms with E-state index in [1.807, 2.05) is 18.7 Å². The summed E-state index contributed by atoms with van der Waals surface area (Å²) in [6.07, 6.45) is 2.05. The van der Waals surface area contributed by atoms with Gasteiger partial charge in [0.05, 0.1) is 13.2 Å². The van der Waals surface area contributed by atoms with Gasteiger partial charge in [-0.2, -0.15) is 0 Å². The first-order chi connectivity index (χ1) is 10.1. The zero-order valence-corrected chi connectivity index (χ0v) is 13.0. The SMILES string of the molecule is COc1cc(C(=O)N2CCCC2CN)ccc1OC(C)C. The molecule has 1 atom stereocenters. The maximum Gasteiger partial charge on any atom is 0.254 e. The third kappa shape index (κ3) is 3.47. The third-order valence-corrected chi connectivity index (χ3v) is 3.68. The Labute approximate surface area is 126 Å². The number of hydrogen-bond acceptors (Lipinski definition) is 4. The van der Waals surface area contributed by atoms with Crippen molar-refractivity contribution in [1.82, 2.24) is 4.90 Å². The standard InChI is InChI=1S/C16H24N2O3/c1-11(2)21-14-7-6-12(9-15(14)20-3)16(19)18-8-4-5-13(18)10-17/h6-7,9,11,13H,4-5,8,10,17H2,1-3H3. The van der Waals surface area contributed by atoms with E-state index < -0.39 is 0 Å². The highest BCUT2D eigenvalue weighted by atomic mass is 16.5. The van der Waals surface area contributed by atoms with Gasteiger partial charge in [-0.15, -0.1) is 0 Å². The number of likely N-dealkylation sites (tertiary alicyclic amines) is 1. The van der Waals surface area contributed by atoms with Crippen LogP contribution in [-0.4, -0.2) is 43.2 Å². The number of rotatable bonds is 5. The molecule has 116 valence electrons. The molecule has 1 unspecified atom stereocenters. The second kappa shape index (κ2) is 6.80. The molecule has 2 rings (SSSR count). The normalized spacial score (nSPS) is 18.1. The minimum Gasteiger partial charge on any atom is -0.493 e. The highest BCUT2D eigenvalue weighted by Crippen LogP contribution is 2.30. The number of amides is 1. The van der Waals surface area contributed by atoms with Gasteiger partial charge in [0, 0.05) is 24.7 Å². The number of carbonyl (C=O) groups is 1. The van der Waals surface area contributed by atoms with Crippen molar-refractivity contribution in [3.8, 4) is 11.5 Å². The van der Waals surface area contributed by atoms with Crippen molar-refractivity contribution in [1.29, 1.82) is 0 Å². The van der Waals surface area contributed by atoms with Crippen LogP contribution in [0.5, 0.6) is 11.5 Å². The summed E-state index contributed by atoms with van der Waals surface area (Å²) in [5.41, 5.74) is 6.35. The van der Waals surface area contributed by atoms with E-state index in [-0.39, 0.29) is 18.1 Å². The Morgan fingerprint density at radius 1 is 1.43 bits per heavy atom. The van der Waals surface area contributed by atoms with E-state index in [1.54, 1.807) is 25.3 Å². The van der Waals surface area contributed by atoms with E-state index in [4.69, 9.17) is 15.2 Å². The lowest BCUT2D eigenvalue weighted by Crippen LogP contribution is -2.39. The van der Waals surface area contributed by atoms with Gasteiger partial charge in [-0.1, -0.05) is 0 Å². The fourth-order valence-electron chi connectivity index (χ4n) is 2.67. The molecule has 1 aromatic rings. The van der Waals surface area contributed by atoms with Crippen LogP contribution in [0.1, 0.15) is 37.0 Å². The number of hydrogen-bond donors (Lipinski definition) is 1. The quantitative estimate of drug-likeness (QED) is 0.902. The second-order valence-corrected chi connectivity index (χ2v) is 5.56. The van der Waals surface area contributed by atoms with E-state index in [0.29, 0.717) is 23.6 Å². The molecule has 0 aliphatic carbocycles. The largest absolute Gasteiger partial charge is 0.493 e. The van der Waals surface area contributed by atoms with E-state index >= 15 is 0 Å². The van der Waals surface area contributed by atoms with Crippen LogP contribution in [0.3, 0.4) is 0 Å². The molecule has 1 aromatic carbocycles. The monoisotopic (exact) mass is 292 g/mol. The summed E-state index contributed by atoms with van der Waals surface area (Å²) in [6, 6.07) is 5.47. The summed E-state index contributed by atoms with van der Waals surface area (Å²) >= 11 is 0. The summed E-state index contributed by atoms with van der Waals surface area (Å²) in [7, 11) is 1.58. The van der Waals surface area contributed by atoms with Crippen LogP contribution in [0.25, 0.3) is 0 Å². The van der Waals surface area contributed by atoms with Gasteiger partial charge >= 0.3 is 0 Å². The van der Waals surface area contributed by atoms with Crippen molar-refractivity contribution in [3.63, 3.8) is 0 Å². The molecule has 21 heavy (non-hydrogen) atoms. The Hall–Kier alpha value is -1.75. The van der Waals surface area contributed by atoms with Crippen molar-refractivity contribution in [2.45, 2.75) is 38.8 Å². The lowest BCUT2D eigenvalue weighted by molar-refractivity contribution is 0.0740. The molecule has 0 bridgehead atoms. The molecule has 1 aliphatic heterocycles. The average molecular weight is 292 g/mol. The van der Waals surface area contributed by atoms with Crippen LogP contribution in [0.15, 0.2) is 18.2 Å². The topological polar surface area (TPSA) is 64.8 Å². The summed E-state index contributed by atoms with van der Waals surface area (Å²) in [6.45, 7) is 5.19. The van der Waals surface area contributed by atoms with Crippen LogP contribution >= 0.6 is 0 Å². The van der Waals surface area contributed by atoms with Gasteiger partial charge in [-0.3, -0.25) is 4.79 Å². The summed E-state index contributed by atoms with van der Waals surface area (Å²) in [4.78, 5) is 14.5. The molecule has 1 fully saturated rings. The molecule has 1 heterocycles. The number of carbonyl (C=O) groups excluding carboxylic acids is 1. The van der Waals surface area contributed by atoms with Crippen LogP contribution in [0.2, 0.25) is 0 Å². The number of nitrogens with two attached hydrogens (primary N) is 1. The minimum absolute atomic E-state index is 0.0114. The fourth-order valence-corrected chi connectivity index (χ4v) is 2.67. The highest BCUT2D eigenvalue weighted by Gasteiger charge is 2.28. The van der Waals surface area contributed by atoms with Crippen LogP contribution in [0, 0.1) is 0 Å². The lowest BCUT2D eigenvalue weighted by Gasteiger charge is -2.24. The van der Waals surface area contributed by atoms with Crippen molar-refractivity contribution < 1.29 is 14.3 Å². The average Bonchev–Trinajstić information content (AvgIpc) is 2.94. The Bertz CT molecular complexity index is 502. The molecule has 1 amide bonds. The van der Waals surface area contributed by atoms with Gasteiger partial charge < -0.3 is 20.1 Å². The van der Waals surface area contributed by atoms with Crippen molar-refractivity contribution >= 4 is 5.91 Å². The Kier molecular flexibility index (Phi) is 5.07. The maximum atomic E-state index is 12.6. The number of nitrogens with zero attached hydrogens (tertiary/aromatic N) is 1. The third-order valence-electron chi connectivity index (χ3n) is 3.68. The molecular formula is C16H24N2O3. The molecule has 5 heteroatoms. The summed E-state index contributed by atoms with van der Waals surface area (Å²) < 4.78 is 11.0. The zero-order valence-electron chi connectivity index (χ0n) is 13.0. The van der Waals surface area contributed by atoms with E-state index in [0.717, 1.165) is 19.4 Å². The van der Waals surface area contributed by atoms with Gasteiger partial charge in [-0.25, -0.2) is 0 Å². The van der Waals surface area contributed by atoms with E-state index in [9.17, 15) is 4.79 Å². The minimum atomic E-state index is 0.0114. The zero-order chi connectivity index (χ0) is 15.4. The van der Waals surface area contributed by atoms with Crippen LogP contribution < -0.4 is 15.2 Å². The molecule has 0 saturated carbocycles.